The van der Waals surface area contributed by atoms with Crippen molar-refractivity contribution in [3.63, 3.8) is 0 Å². The van der Waals surface area contributed by atoms with Gasteiger partial charge in [-0.15, -0.1) is 0 Å². The average molecular weight is 456 g/mol. The molecule has 0 aliphatic carbocycles. The van der Waals surface area contributed by atoms with Crippen LogP contribution in [0.25, 0.3) is 5.69 Å². The van der Waals surface area contributed by atoms with E-state index in [1.807, 2.05) is 0 Å². The summed E-state index contributed by atoms with van der Waals surface area (Å²) in [6, 6.07) is 10.6. The number of aromatic nitrogens is 2. The largest absolute Gasteiger partial charge is 0.452 e. The quantitative estimate of drug-likeness (QED) is 0.545. The highest BCUT2D eigenvalue weighted by molar-refractivity contribution is 7.89. The molecule has 0 spiro atoms. The highest BCUT2D eigenvalue weighted by Crippen LogP contribution is 2.30. The lowest BCUT2D eigenvalue weighted by Crippen LogP contribution is -2.33. The van der Waals surface area contributed by atoms with E-state index in [-0.39, 0.29) is 16.1 Å². The van der Waals surface area contributed by atoms with Crippen LogP contribution in [-0.2, 0) is 26.0 Å². The van der Waals surface area contributed by atoms with Crippen molar-refractivity contribution in [2.45, 2.75) is 18.2 Å². The zero-order chi connectivity index (χ0) is 23.0. The summed E-state index contributed by atoms with van der Waals surface area (Å²) in [6.07, 6.45) is 2.06. The number of primary sulfonamides is 1. The molecule has 2 heterocycles. The van der Waals surface area contributed by atoms with Crippen LogP contribution in [0.15, 0.2) is 58.4 Å². The minimum Gasteiger partial charge on any atom is -0.452 e. The Balaban J connectivity index is 1.41. The predicted octanol–water partition coefficient (Wildman–Crippen LogP) is 0.868. The topological polar surface area (TPSA) is 145 Å². The number of aryl methyl sites for hydroxylation is 1. The number of rotatable bonds is 5. The third-order valence-corrected chi connectivity index (χ3v) is 6.14. The molecule has 11 heteroatoms. The number of benzene rings is 2. The van der Waals surface area contributed by atoms with Gasteiger partial charge in [0.2, 0.25) is 10.0 Å². The molecule has 4 rings (SSSR count). The number of H-pyrrole nitrogens is 1. The van der Waals surface area contributed by atoms with Gasteiger partial charge in [0.15, 0.2) is 6.61 Å². The Kier molecular flexibility index (Phi) is 5.45. The van der Waals surface area contributed by atoms with Gasteiger partial charge in [0.05, 0.1) is 16.1 Å². The minimum atomic E-state index is -3.83. The first kappa shape index (κ1) is 21.5. The van der Waals surface area contributed by atoms with E-state index < -0.39 is 28.5 Å². The fraction of sp³-hybridized carbons (Fsp3) is 0.190. The summed E-state index contributed by atoms with van der Waals surface area (Å²) in [6.45, 7) is 1.66. The lowest BCUT2D eigenvalue weighted by atomic mass is 10.2. The second kappa shape index (κ2) is 8.09. The molecular weight excluding hydrogens is 436 g/mol. The molecule has 3 aromatic rings. The smallest absolute Gasteiger partial charge is 0.338 e. The summed E-state index contributed by atoms with van der Waals surface area (Å²) in [5.74, 6) is -1.10. The molecule has 1 aliphatic heterocycles. The fourth-order valence-corrected chi connectivity index (χ4v) is 4.19. The van der Waals surface area contributed by atoms with Crippen molar-refractivity contribution in [3.8, 4) is 5.69 Å². The number of sulfonamides is 1. The number of hydrogen-bond acceptors (Lipinski definition) is 6. The van der Waals surface area contributed by atoms with Gasteiger partial charge in [-0.1, -0.05) is 0 Å². The Morgan fingerprint density at radius 2 is 1.88 bits per heavy atom. The van der Waals surface area contributed by atoms with Crippen LogP contribution in [-0.4, -0.2) is 43.0 Å². The van der Waals surface area contributed by atoms with Crippen molar-refractivity contribution >= 4 is 27.6 Å². The van der Waals surface area contributed by atoms with Gasteiger partial charge in [-0.2, -0.15) is 0 Å². The summed E-state index contributed by atoms with van der Waals surface area (Å²) in [5, 5.41) is 5.15. The lowest BCUT2D eigenvalue weighted by Gasteiger charge is -2.17. The van der Waals surface area contributed by atoms with Crippen LogP contribution in [0.5, 0.6) is 0 Å². The number of ether oxygens (including phenoxy) is 1. The first-order valence-electron chi connectivity index (χ1n) is 9.66. The molecular formula is C21H20N4O6S. The molecule has 1 aliphatic rings. The van der Waals surface area contributed by atoms with E-state index in [1.165, 1.54) is 39.8 Å². The van der Waals surface area contributed by atoms with Crippen molar-refractivity contribution in [2.24, 2.45) is 5.14 Å². The Morgan fingerprint density at radius 1 is 1.16 bits per heavy atom. The van der Waals surface area contributed by atoms with Gasteiger partial charge in [0.1, 0.15) is 0 Å². The van der Waals surface area contributed by atoms with Gasteiger partial charge < -0.3 is 14.6 Å². The minimum absolute atomic E-state index is 0.0162. The van der Waals surface area contributed by atoms with Gasteiger partial charge in [0, 0.05) is 24.1 Å². The fourth-order valence-electron chi connectivity index (χ4n) is 3.63. The number of carbonyl (C=O) groups excluding carboxylic acids is 2. The summed E-state index contributed by atoms with van der Waals surface area (Å²) in [4.78, 5) is 40.8. The van der Waals surface area contributed by atoms with Crippen LogP contribution < -0.4 is 15.7 Å². The molecule has 0 radical (unpaired) electrons. The molecule has 32 heavy (non-hydrogen) atoms. The third kappa shape index (κ3) is 4.07. The molecule has 0 saturated carbocycles. The molecule has 0 atom stereocenters. The molecule has 0 saturated heterocycles. The van der Waals surface area contributed by atoms with E-state index >= 15 is 0 Å². The molecule has 1 aromatic heterocycles. The van der Waals surface area contributed by atoms with E-state index in [9.17, 15) is 22.8 Å². The Morgan fingerprint density at radius 3 is 2.50 bits per heavy atom. The van der Waals surface area contributed by atoms with Crippen molar-refractivity contribution in [1.29, 1.82) is 0 Å². The van der Waals surface area contributed by atoms with Crippen LogP contribution in [0.4, 0.5) is 5.69 Å². The first-order valence-corrected chi connectivity index (χ1v) is 11.2. The highest BCUT2D eigenvalue weighted by atomic mass is 32.2. The number of imidazole rings is 1. The van der Waals surface area contributed by atoms with Crippen molar-refractivity contribution in [1.82, 2.24) is 9.55 Å². The number of amides is 1. The SMILES string of the molecule is Cc1c[nH]c(=O)n1-c1ccc(C(=O)OCC(=O)N2CCc3cc(S(N)(=O)=O)ccc32)cc1. The second-order valence-electron chi connectivity index (χ2n) is 7.32. The molecule has 0 fully saturated rings. The number of nitrogens with two attached hydrogens (primary N) is 1. The standard InChI is InChI=1S/C21H20N4O6S/c1-13-11-23-21(28)25(13)16-4-2-14(3-5-16)20(27)31-12-19(26)24-9-8-15-10-17(32(22,29)30)6-7-18(15)24/h2-7,10-11H,8-9,12H2,1H3,(H,23,28)(H2,22,29,30). The number of nitrogens with zero attached hydrogens (tertiary/aromatic N) is 2. The maximum Gasteiger partial charge on any atom is 0.338 e. The number of carbonyl (C=O) groups is 2. The maximum absolute atomic E-state index is 12.6. The van der Waals surface area contributed by atoms with Crippen molar-refractivity contribution in [2.75, 3.05) is 18.1 Å². The van der Waals surface area contributed by atoms with Crippen molar-refractivity contribution < 1.29 is 22.7 Å². The monoisotopic (exact) mass is 456 g/mol. The highest BCUT2D eigenvalue weighted by Gasteiger charge is 2.27. The first-order chi connectivity index (χ1) is 15.1. The summed E-state index contributed by atoms with van der Waals surface area (Å²) < 4.78 is 29.6. The van der Waals surface area contributed by atoms with E-state index in [2.05, 4.69) is 4.98 Å². The number of hydrogen-bond donors (Lipinski definition) is 2. The zero-order valence-corrected chi connectivity index (χ0v) is 17.9. The Hall–Kier alpha value is -3.70. The summed E-state index contributed by atoms with van der Waals surface area (Å²) in [5.41, 5.74) is 2.51. The van der Waals surface area contributed by atoms with Gasteiger partial charge >= 0.3 is 11.7 Å². The molecule has 3 N–H and O–H groups in total. The van der Waals surface area contributed by atoms with Gasteiger partial charge in [-0.05, 0) is 61.4 Å². The van der Waals surface area contributed by atoms with E-state index in [0.717, 1.165) is 5.69 Å². The third-order valence-electron chi connectivity index (χ3n) is 5.22. The van der Waals surface area contributed by atoms with E-state index in [4.69, 9.17) is 9.88 Å². The van der Waals surface area contributed by atoms with Gasteiger partial charge in [0.25, 0.3) is 5.91 Å². The number of anilines is 1. The predicted molar refractivity (Wildman–Crippen MR) is 115 cm³/mol. The van der Waals surface area contributed by atoms with Gasteiger partial charge in [-0.3, -0.25) is 9.36 Å². The molecule has 1 amide bonds. The van der Waals surface area contributed by atoms with Crippen LogP contribution in [0.3, 0.4) is 0 Å². The van der Waals surface area contributed by atoms with Crippen LogP contribution in [0, 0.1) is 6.92 Å². The number of aromatic amines is 1. The van der Waals surface area contributed by atoms with E-state index in [1.54, 1.807) is 25.3 Å². The van der Waals surface area contributed by atoms with Gasteiger partial charge in [-0.25, -0.2) is 23.1 Å². The van der Waals surface area contributed by atoms with Crippen LogP contribution >= 0.6 is 0 Å². The van der Waals surface area contributed by atoms with Crippen LogP contribution in [0.1, 0.15) is 21.6 Å². The number of esters is 1. The van der Waals surface area contributed by atoms with Crippen molar-refractivity contribution in [3.05, 3.63) is 76.0 Å². The zero-order valence-electron chi connectivity index (χ0n) is 17.1. The molecule has 166 valence electrons. The molecule has 0 unspecified atom stereocenters. The molecule has 2 aromatic carbocycles. The lowest BCUT2D eigenvalue weighted by molar-refractivity contribution is -0.121. The summed E-state index contributed by atoms with van der Waals surface area (Å²) >= 11 is 0. The average Bonchev–Trinajstić information content (AvgIpc) is 3.33. The molecule has 0 bridgehead atoms. The Labute approximate surface area is 183 Å². The summed E-state index contributed by atoms with van der Waals surface area (Å²) in [7, 11) is -3.83. The normalized spacial score (nSPS) is 13.1. The Bertz CT molecular complexity index is 1370. The molecule has 10 nitrogen and oxygen atoms in total. The van der Waals surface area contributed by atoms with E-state index in [0.29, 0.717) is 29.9 Å². The number of fused-ring (bicyclic) bond motifs is 1. The number of nitrogens with one attached hydrogen (secondary N) is 1. The second-order valence-corrected chi connectivity index (χ2v) is 8.89. The maximum atomic E-state index is 12.6. The van der Waals surface area contributed by atoms with Crippen LogP contribution in [0.2, 0.25) is 0 Å².